The van der Waals surface area contributed by atoms with Gasteiger partial charge in [-0.1, -0.05) is 0 Å². The Hall–Kier alpha value is -1.91. The maximum atomic E-state index is 11.3. The van der Waals surface area contributed by atoms with E-state index in [2.05, 4.69) is 10.5 Å². The highest BCUT2D eigenvalue weighted by Gasteiger charge is 2.09. The smallest absolute Gasteiger partial charge is 0.338 e. The number of carbonyl (C=O) groups excluding carboxylic acids is 1. The van der Waals surface area contributed by atoms with Crippen LogP contribution in [0.25, 0.3) is 0 Å². The quantitative estimate of drug-likeness (QED) is 0.609. The summed E-state index contributed by atoms with van der Waals surface area (Å²) in [5, 5.41) is 5.62. The summed E-state index contributed by atoms with van der Waals surface area (Å²) in [7, 11) is 1.67. The second kappa shape index (κ2) is 5.09. The van der Waals surface area contributed by atoms with Gasteiger partial charge in [0.1, 0.15) is 5.69 Å². The molecule has 1 aromatic carbocycles. The third kappa shape index (κ3) is 2.52. The zero-order valence-corrected chi connectivity index (χ0v) is 8.61. The van der Waals surface area contributed by atoms with E-state index < -0.39 is 5.97 Å². The first-order chi connectivity index (χ1) is 7.22. The Kier molecular flexibility index (Phi) is 3.79. The summed E-state index contributed by atoms with van der Waals surface area (Å²) in [5.41, 5.74) is 1.10. The van der Waals surface area contributed by atoms with Gasteiger partial charge in [0.05, 0.1) is 17.9 Å². The monoisotopic (exact) mass is 208 g/mol. The van der Waals surface area contributed by atoms with E-state index in [4.69, 9.17) is 4.74 Å². The maximum absolute atomic E-state index is 11.3. The molecule has 0 amide bonds. The van der Waals surface area contributed by atoms with Gasteiger partial charge in [-0.05, 0) is 30.3 Å². The average molecular weight is 208 g/mol. The van der Waals surface area contributed by atoms with Crippen LogP contribution in [0.1, 0.15) is 17.3 Å². The molecule has 0 aliphatic heterocycles. The van der Waals surface area contributed by atoms with Crippen molar-refractivity contribution in [2.45, 2.75) is 6.92 Å². The molecule has 0 unspecified atom stereocenters. The zero-order chi connectivity index (χ0) is 11.3. The van der Waals surface area contributed by atoms with Crippen LogP contribution in [0, 0.1) is 4.91 Å². The summed E-state index contributed by atoms with van der Waals surface area (Å²) in [6, 6.07) is 4.60. The summed E-state index contributed by atoms with van der Waals surface area (Å²) in [6.45, 7) is 2.02. The Morgan fingerprint density at radius 3 is 2.80 bits per heavy atom. The van der Waals surface area contributed by atoms with Crippen molar-refractivity contribution in [3.8, 4) is 0 Å². The van der Waals surface area contributed by atoms with Crippen molar-refractivity contribution in [2.24, 2.45) is 5.18 Å². The van der Waals surface area contributed by atoms with Gasteiger partial charge < -0.3 is 10.1 Å². The van der Waals surface area contributed by atoms with Crippen molar-refractivity contribution >= 4 is 17.3 Å². The fourth-order valence-electron chi connectivity index (χ4n) is 1.16. The molecule has 0 radical (unpaired) electrons. The topological polar surface area (TPSA) is 67.8 Å². The lowest BCUT2D eigenvalue weighted by atomic mass is 10.2. The highest BCUT2D eigenvalue weighted by atomic mass is 16.5. The third-order valence-electron chi connectivity index (χ3n) is 1.88. The number of carbonyl (C=O) groups is 1. The summed E-state index contributed by atoms with van der Waals surface area (Å²) < 4.78 is 4.80. The number of nitroso groups, excluding NO2 is 1. The molecule has 5 nitrogen and oxygen atoms in total. The van der Waals surface area contributed by atoms with Gasteiger partial charge in [-0.3, -0.25) is 0 Å². The fraction of sp³-hybridized carbons (Fsp3) is 0.300. The fourth-order valence-corrected chi connectivity index (χ4v) is 1.16. The predicted molar refractivity (Wildman–Crippen MR) is 57.4 cm³/mol. The second-order valence-electron chi connectivity index (χ2n) is 2.79. The van der Waals surface area contributed by atoms with Gasteiger partial charge in [-0.15, -0.1) is 4.91 Å². The van der Waals surface area contributed by atoms with E-state index in [0.717, 1.165) is 0 Å². The summed E-state index contributed by atoms with van der Waals surface area (Å²) in [4.78, 5) is 21.8. The van der Waals surface area contributed by atoms with Crippen LogP contribution < -0.4 is 5.32 Å². The number of ether oxygens (including phenoxy) is 1. The predicted octanol–water partition coefficient (Wildman–Crippen LogP) is 2.30. The maximum Gasteiger partial charge on any atom is 0.338 e. The van der Waals surface area contributed by atoms with Crippen molar-refractivity contribution < 1.29 is 9.53 Å². The van der Waals surface area contributed by atoms with Crippen molar-refractivity contribution in [1.29, 1.82) is 0 Å². The lowest BCUT2D eigenvalue weighted by Gasteiger charge is -2.05. The standard InChI is InChI=1S/C10H12N2O3/c1-3-15-10(13)7-4-5-8(11-2)9(6-7)12-14/h4-6,11H,3H2,1-2H3. The highest BCUT2D eigenvalue weighted by Crippen LogP contribution is 2.25. The van der Waals surface area contributed by atoms with E-state index in [1.807, 2.05) is 0 Å². The molecule has 0 aromatic heterocycles. The molecular weight excluding hydrogens is 196 g/mol. The van der Waals surface area contributed by atoms with Gasteiger partial charge in [0, 0.05) is 7.05 Å². The average Bonchev–Trinajstić information content (AvgIpc) is 2.28. The number of nitrogens with one attached hydrogen (secondary N) is 1. The summed E-state index contributed by atoms with van der Waals surface area (Å²) >= 11 is 0. The van der Waals surface area contributed by atoms with Crippen LogP contribution >= 0.6 is 0 Å². The van der Waals surface area contributed by atoms with Gasteiger partial charge >= 0.3 is 5.97 Å². The van der Waals surface area contributed by atoms with Gasteiger partial charge in [0.2, 0.25) is 0 Å². The number of rotatable bonds is 4. The van der Waals surface area contributed by atoms with E-state index >= 15 is 0 Å². The molecule has 5 heteroatoms. The number of hydrogen-bond acceptors (Lipinski definition) is 5. The van der Waals surface area contributed by atoms with Crippen molar-refractivity contribution in [3.63, 3.8) is 0 Å². The first-order valence-electron chi connectivity index (χ1n) is 4.55. The number of anilines is 1. The molecule has 0 fully saturated rings. The van der Waals surface area contributed by atoms with Gasteiger partial charge in [-0.25, -0.2) is 4.79 Å². The Labute approximate surface area is 87.4 Å². The van der Waals surface area contributed by atoms with E-state index in [1.165, 1.54) is 6.07 Å². The number of esters is 1. The molecule has 0 atom stereocenters. The zero-order valence-electron chi connectivity index (χ0n) is 8.61. The van der Waals surface area contributed by atoms with Crippen molar-refractivity contribution in [1.82, 2.24) is 0 Å². The molecule has 0 aliphatic rings. The van der Waals surface area contributed by atoms with E-state index in [9.17, 15) is 9.70 Å². The van der Waals surface area contributed by atoms with Gasteiger partial charge in [-0.2, -0.15) is 0 Å². The third-order valence-corrected chi connectivity index (χ3v) is 1.88. The molecule has 0 saturated carbocycles. The molecule has 15 heavy (non-hydrogen) atoms. The van der Waals surface area contributed by atoms with Crippen molar-refractivity contribution in [3.05, 3.63) is 28.7 Å². The molecule has 0 saturated heterocycles. The Morgan fingerprint density at radius 1 is 1.53 bits per heavy atom. The van der Waals surface area contributed by atoms with E-state index in [0.29, 0.717) is 17.9 Å². The van der Waals surface area contributed by atoms with E-state index in [-0.39, 0.29) is 5.69 Å². The van der Waals surface area contributed by atoms with Crippen LogP contribution in [0.4, 0.5) is 11.4 Å². The first kappa shape index (κ1) is 11.2. The van der Waals surface area contributed by atoms with Crippen LogP contribution in [0.15, 0.2) is 23.4 Å². The van der Waals surface area contributed by atoms with Gasteiger partial charge in [0.25, 0.3) is 0 Å². The van der Waals surface area contributed by atoms with Crippen LogP contribution in [0.2, 0.25) is 0 Å². The minimum atomic E-state index is -0.454. The molecule has 1 N–H and O–H groups in total. The van der Waals surface area contributed by atoms with Crippen LogP contribution in [0.5, 0.6) is 0 Å². The normalized spacial score (nSPS) is 9.47. The first-order valence-corrected chi connectivity index (χ1v) is 4.55. The molecule has 0 aliphatic carbocycles. The molecule has 0 heterocycles. The molecule has 0 spiro atoms. The van der Waals surface area contributed by atoms with Crippen LogP contribution in [-0.4, -0.2) is 19.6 Å². The Balaban J connectivity index is 3.02. The Bertz CT molecular complexity index is 377. The minimum absolute atomic E-state index is 0.197. The second-order valence-corrected chi connectivity index (χ2v) is 2.79. The van der Waals surface area contributed by atoms with Gasteiger partial charge in [0.15, 0.2) is 0 Å². The largest absolute Gasteiger partial charge is 0.462 e. The molecule has 80 valence electrons. The lowest BCUT2D eigenvalue weighted by Crippen LogP contribution is -2.04. The SMILES string of the molecule is CCOC(=O)c1ccc(NC)c(N=O)c1. The number of hydrogen-bond donors (Lipinski definition) is 1. The molecule has 1 rings (SSSR count). The van der Waals surface area contributed by atoms with Crippen molar-refractivity contribution in [2.75, 3.05) is 19.0 Å². The van der Waals surface area contributed by atoms with Crippen LogP contribution in [-0.2, 0) is 4.74 Å². The highest BCUT2D eigenvalue weighted by molar-refractivity contribution is 5.91. The number of nitrogens with zero attached hydrogens (tertiary/aromatic N) is 1. The summed E-state index contributed by atoms with van der Waals surface area (Å²) in [6.07, 6.45) is 0. The molecule has 1 aromatic rings. The molecular formula is C10H12N2O3. The van der Waals surface area contributed by atoms with Crippen LogP contribution in [0.3, 0.4) is 0 Å². The van der Waals surface area contributed by atoms with E-state index in [1.54, 1.807) is 26.1 Å². The lowest BCUT2D eigenvalue weighted by molar-refractivity contribution is 0.0526. The number of benzene rings is 1. The summed E-state index contributed by atoms with van der Waals surface area (Å²) in [5.74, 6) is -0.454. The molecule has 0 bridgehead atoms. The Morgan fingerprint density at radius 2 is 2.27 bits per heavy atom. The minimum Gasteiger partial charge on any atom is -0.462 e.